The first kappa shape index (κ1) is 13.6. The number of rotatable bonds is 6. The van der Waals surface area contributed by atoms with Crippen LogP contribution >= 0.6 is 0 Å². The number of hydrogen-bond donors (Lipinski definition) is 1. The molecule has 1 unspecified atom stereocenters. The Morgan fingerprint density at radius 2 is 2.17 bits per heavy atom. The number of benzene rings is 1. The van der Waals surface area contributed by atoms with Crippen LogP contribution in [0.2, 0.25) is 0 Å². The first-order valence-corrected chi connectivity index (χ1v) is 7.35. The number of aryl methyl sites for hydroxylation is 1. The molecule has 2 N–H and O–H groups in total. The molecule has 1 aliphatic rings. The zero-order valence-corrected chi connectivity index (χ0v) is 11.6. The summed E-state index contributed by atoms with van der Waals surface area (Å²) in [4.78, 5) is 2.56. The summed E-state index contributed by atoms with van der Waals surface area (Å²) < 4.78 is 0. The van der Waals surface area contributed by atoms with Gasteiger partial charge in [0.1, 0.15) is 0 Å². The fourth-order valence-corrected chi connectivity index (χ4v) is 3.05. The van der Waals surface area contributed by atoms with E-state index >= 15 is 0 Å². The predicted molar refractivity (Wildman–Crippen MR) is 77.9 cm³/mol. The largest absolute Gasteiger partial charge is 0.330 e. The maximum absolute atomic E-state index is 5.61. The number of hydrogen-bond acceptors (Lipinski definition) is 2. The van der Waals surface area contributed by atoms with E-state index in [2.05, 4.69) is 36.1 Å². The minimum absolute atomic E-state index is 0.729. The molecule has 0 aliphatic heterocycles. The van der Waals surface area contributed by atoms with E-state index in [1.165, 1.54) is 25.8 Å². The van der Waals surface area contributed by atoms with E-state index in [0.717, 1.165) is 32.0 Å². The van der Waals surface area contributed by atoms with Gasteiger partial charge in [-0.1, -0.05) is 31.2 Å². The van der Waals surface area contributed by atoms with Gasteiger partial charge in [0.25, 0.3) is 0 Å². The van der Waals surface area contributed by atoms with Gasteiger partial charge < -0.3 is 10.6 Å². The Labute approximate surface area is 111 Å². The molecule has 0 saturated heterocycles. The normalized spacial score (nSPS) is 18.9. The summed E-state index contributed by atoms with van der Waals surface area (Å²) in [6, 6.07) is 8.99. The monoisotopic (exact) mass is 246 g/mol. The highest BCUT2D eigenvalue weighted by Gasteiger charge is 2.21. The molecule has 2 heteroatoms. The van der Waals surface area contributed by atoms with Crippen LogP contribution in [0.1, 0.15) is 43.2 Å². The zero-order chi connectivity index (χ0) is 12.8. The molecule has 0 spiro atoms. The van der Waals surface area contributed by atoms with Crippen molar-refractivity contribution in [2.45, 2.75) is 38.5 Å². The quantitative estimate of drug-likeness (QED) is 0.836. The fourth-order valence-electron chi connectivity index (χ4n) is 3.05. The van der Waals surface area contributed by atoms with Crippen molar-refractivity contribution in [3.63, 3.8) is 0 Å². The van der Waals surface area contributed by atoms with Crippen LogP contribution in [0.25, 0.3) is 0 Å². The standard InChI is InChI=1S/C16H26N2/c1-2-18(12-6-11-17)13-15-9-5-8-14-7-3-4-10-16(14)15/h3-4,7,10,15H,2,5-6,8-9,11-13,17H2,1H3. The van der Waals surface area contributed by atoms with E-state index in [-0.39, 0.29) is 0 Å². The van der Waals surface area contributed by atoms with Crippen molar-refractivity contribution in [2.75, 3.05) is 26.2 Å². The third kappa shape index (κ3) is 3.33. The first-order valence-electron chi connectivity index (χ1n) is 7.35. The molecule has 0 radical (unpaired) electrons. The predicted octanol–water partition coefficient (Wildman–Crippen LogP) is 2.78. The van der Waals surface area contributed by atoms with Gasteiger partial charge in [0.15, 0.2) is 0 Å². The third-order valence-electron chi connectivity index (χ3n) is 4.10. The van der Waals surface area contributed by atoms with Crippen molar-refractivity contribution >= 4 is 0 Å². The van der Waals surface area contributed by atoms with Gasteiger partial charge in [0.2, 0.25) is 0 Å². The molecular formula is C16H26N2. The Morgan fingerprint density at radius 3 is 2.94 bits per heavy atom. The van der Waals surface area contributed by atoms with E-state index in [0.29, 0.717) is 0 Å². The van der Waals surface area contributed by atoms with E-state index in [1.54, 1.807) is 11.1 Å². The van der Waals surface area contributed by atoms with Gasteiger partial charge in [0.05, 0.1) is 0 Å². The molecule has 100 valence electrons. The molecule has 2 nitrogen and oxygen atoms in total. The summed E-state index contributed by atoms with van der Waals surface area (Å²) in [5.41, 5.74) is 8.78. The number of likely N-dealkylation sites (N-methyl/N-ethyl adjacent to an activating group) is 1. The topological polar surface area (TPSA) is 29.3 Å². The summed E-state index contributed by atoms with van der Waals surface area (Å²) in [6.07, 6.45) is 5.07. The van der Waals surface area contributed by atoms with Gasteiger partial charge in [-0.25, -0.2) is 0 Å². The summed E-state index contributed by atoms with van der Waals surface area (Å²) in [7, 11) is 0. The van der Waals surface area contributed by atoms with Crippen LogP contribution in [0.4, 0.5) is 0 Å². The van der Waals surface area contributed by atoms with Gasteiger partial charge >= 0.3 is 0 Å². The summed E-state index contributed by atoms with van der Waals surface area (Å²) in [5, 5.41) is 0. The number of nitrogens with two attached hydrogens (primary N) is 1. The van der Waals surface area contributed by atoms with Crippen molar-refractivity contribution in [3.05, 3.63) is 35.4 Å². The average molecular weight is 246 g/mol. The molecule has 0 aromatic heterocycles. The van der Waals surface area contributed by atoms with Gasteiger partial charge in [0, 0.05) is 6.54 Å². The molecule has 1 aromatic rings. The zero-order valence-electron chi connectivity index (χ0n) is 11.6. The summed E-state index contributed by atoms with van der Waals surface area (Å²) >= 11 is 0. The molecular weight excluding hydrogens is 220 g/mol. The Kier molecular flexibility index (Phi) is 5.21. The van der Waals surface area contributed by atoms with Crippen molar-refractivity contribution in [1.82, 2.24) is 4.90 Å². The molecule has 1 aliphatic carbocycles. The number of fused-ring (bicyclic) bond motifs is 1. The van der Waals surface area contributed by atoms with E-state index in [4.69, 9.17) is 5.73 Å². The fraction of sp³-hybridized carbons (Fsp3) is 0.625. The maximum atomic E-state index is 5.61. The van der Waals surface area contributed by atoms with Gasteiger partial charge in [-0.3, -0.25) is 0 Å². The lowest BCUT2D eigenvalue weighted by molar-refractivity contribution is 0.258. The van der Waals surface area contributed by atoms with Gasteiger partial charge in [-0.2, -0.15) is 0 Å². The lowest BCUT2D eigenvalue weighted by atomic mass is 9.82. The first-order chi connectivity index (χ1) is 8.85. The minimum atomic E-state index is 0.729. The highest BCUT2D eigenvalue weighted by Crippen LogP contribution is 2.31. The lowest BCUT2D eigenvalue weighted by Crippen LogP contribution is -2.31. The smallest absolute Gasteiger partial charge is 0.00503 e. The molecule has 0 heterocycles. The molecule has 2 rings (SSSR count). The van der Waals surface area contributed by atoms with E-state index in [1.807, 2.05) is 0 Å². The Balaban J connectivity index is 2.01. The second-order valence-electron chi connectivity index (χ2n) is 5.32. The van der Waals surface area contributed by atoms with Gasteiger partial charge in [-0.15, -0.1) is 0 Å². The van der Waals surface area contributed by atoms with Crippen molar-refractivity contribution in [1.29, 1.82) is 0 Å². The SMILES string of the molecule is CCN(CCCN)CC1CCCc2ccccc21. The van der Waals surface area contributed by atoms with Crippen LogP contribution < -0.4 is 5.73 Å². The molecule has 18 heavy (non-hydrogen) atoms. The average Bonchev–Trinajstić information content (AvgIpc) is 2.43. The number of nitrogens with zero attached hydrogens (tertiary/aromatic N) is 1. The molecule has 1 aromatic carbocycles. The Hall–Kier alpha value is -0.860. The van der Waals surface area contributed by atoms with Gasteiger partial charge in [-0.05, 0) is 62.4 Å². The molecule has 0 bridgehead atoms. The van der Waals surface area contributed by atoms with Crippen LogP contribution in [0, 0.1) is 0 Å². The van der Waals surface area contributed by atoms with Crippen molar-refractivity contribution in [3.8, 4) is 0 Å². The molecule has 0 saturated carbocycles. The maximum Gasteiger partial charge on any atom is 0.00503 e. The van der Waals surface area contributed by atoms with Crippen LogP contribution in [0.15, 0.2) is 24.3 Å². The highest BCUT2D eigenvalue weighted by molar-refractivity contribution is 5.32. The van der Waals surface area contributed by atoms with Crippen molar-refractivity contribution in [2.24, 2.45) is 5.73 Å². The van der Waals surface area contributed by atoms with Crippen molar-refractivity contribution < 1.29 is 0 Å². The molecule has 0 amide bonds. The van der Waals surface area contributed by atoms with E-state index < -0.39 is 0 Å². The Bertz CT molecular complexity index is 362. The van der Waals surface area contributed by atoms with Crippen LogP contribution in [0.5, 0.6) is 0 Å². The van der Waals surface area contributed by atoms with Crippen LogP contribution in [-0.4, -0.2) is 31.1 Å². The Morgan fingerprint density at radius 1 is 1.33 bits per heavy atom. The van der Waals surface area contributed by atoms with E-state index in [9.17, 15) is 0 Å². The highest BCUT2D eigenvalue weighted by atomic mass is 15.1. The molecule has 0 fully saturated rings. The second kappa shape index (κ2) is 6.91. The third-order valence-corrected chi connectivity index (χ3v) is 4.10. The summed E-state index contributed by atoms with van der Waals surface area (Å²) in [5.74, 6) is 0.729. The summed E-state index contributed by atoms with van der Waals surface area (Å²) in [6.45, 7) is 6.54. The minimum Gasteiger partial charge on any atom is -0.330 e. The second-order valence-corrected chi connectivity index (χ2v) is 5.32. The lowest BCUT2D eigenvalue weighted by Gasteiger charge is -2.30. The van der Waals surface area contributed by atoms with Crippen LogP contribution in [0.3, 0.4) is 0 Å². The molecule has 1 atom stereocenters. The van der Waals surface area contributed by atoms with Crippen LogP contribution in [-0.2, 0) is 6.42 Å².